The summed E-state index contributed by atoms with van der Waals surface area (Å²) >= 11 is 6.15. The lowest BCUT2D eigenvalue weighted by Crippen LogP contribution is -2.16. The van der Waals surface area contributed by atoms with Crippen LogP contribution in [0.1, 0.15) is 17.1 Å². The molecule has 0 saturated heterocycles. The molecule has 2 aromatic rings. The van der Waals surface area contributed by atoms with E-state index in [0.29, 0.717) is 18.1 Å². The molecule has 0 amide bonds. The van der Waals surface area contributed by atoms with Crippen molar-refractivity contribution in [1.82, 2.24) is 0 Å². The Labute approximate surface area is 112 Å². The van der Waals surface area contributed by atoms with Gasteiger partial charge in [-0.05, 0) is 36.8 Å². The maximum Gasteiger partial charge on any atom is 0.123 e. The second kappa shape index (κ2) is 5.46. The Morgan fingerprint density at radius 3 is 2.61 bits per heavy atom. The number of benzene rings is 1. The van der Waals surface area contributed by atoms with Gasteiger partial charge in [-0.1, -0.05) is 17.7 Å². The molecule has 2 N–H and O–H groups in total. The van der Waals surface area contributed by atoms with Gasteiger partial charge in [-0.3, -0.25) is 0 Å². The van der Waals surface area contributed by atoms with E-state index in [2.05, 4.69) is 4.90 Å². The van der Waals surface area contributed by atoms with Crippen molar-refractivity contribution in [2.45, 2.75) is 20.0 Å². The second-order valence-electron chi connectivity index (χ2n) is 4.35. The first-order chi connectivity index (χ1) is 8.60. The fourth-order valence-corrected chi connectivity index (χ4v) is 2.09. The molecule has 1 aromatic heterocycles. The smallest absolute Gasteiger partial charge is 0.123 e. The first kappa shape index (κ1) is 13.0. The van der Waals surface area contributed by atoms with Crippen LogP contribution in [0, 0.1) is 6.92 Å². The van der Waals surface area contributed by atoms with Gasteiger partial charge in [-0.2, -0.15) is 0 Å². The standard InChI is InChI=1S/C14H17ClN2O/c1-10-3-6-13(18-10)9-17(2)12-5-4-11(8-16)14(15)7-12/h3-7H,8-9,16H2,1-2H3. The fourth-order valence-electron chi connectivity index (χ4n) is 1.83. The largest absolute Gasteiger partial charge is 0.464 e. The maximum absolute atomic E-state index is 6.15. The van der Waals surface area contributed by atoms with E-state index >= 15 is 0 Å². The lowest BCUT2D eigenvalue weighted by Gasteiger charge is -2.18. The van der Waals surface area contributed by atoms with E-state index in [9.17, 15) is 0 Å². The van der Waals surface area contributed by atoms with Gasteiger partial charge < -0.3 is 15.1 Å². The van der Waals surface area contributed by atoms with E-state index < -0.39 is 0 Å². The zero-order valence-corrected chi connectivity index (χ0v) is 11.4. The number of anilines is 1. The monoisotopic (exact) mass is 264 g/mol. The molecular formula is C14H17ClN2O. The molecule has 2 rings (SSSR count). The van der Waals surface area contributed by atoms with Gasteiger partial charge in [0.15, 0.2) is 0 Å². The van der Waals surface area contributed by atoms with Gasteiger partial charge in [0.05, 0.1) is 6.54 Å². The Morgan fingerprint density at radius 2 is 2.06 bits per heavy atom. The van der Waals surface area contributed by atoms with Crippen molar-refractivity contribution in [3.05, 3.63) is 52.4 Å². The molecule has 0 atom stereocenters. The number of halogens is 1. The van der Waals surface area contributed by atoms with Gasteiger partial charge in [0.2, 0.25) is 0 Å². The summed E-state index contributed by atoms with van der Waals surface area (Å²) in [5.41, 5.74) is 7.60. The highest BCUT2D eigenvalue weighted by Crippen LogP contribution is 2.24. The van der Waals surface area contributed by atoms with Gasteiger partial charge in [0, 0.05) is 24.3 Å². The Kier molecular flexibility index (Phi) is 3.94. The second-order valence-corrected chi connectivity index (χ2v) is 4.76. The molecule has 96 valence electrons. The van der Waals surface area contributed by atoms with Crippen molar-refractivity contribution >= 4 is 17.3 Å². The van der Waals surface area contributed by atoms with Crippen LogP contribution in [0.3, 0.4) is 0 Å². The number of aryl methyl sites for hydroxylation is 1. The maximum atomic E-state index is 6.15. The van der Waals surface area contributed by atoms with E-state index in [1.807, 2.05) is 44.3 Å². The van der Waals surface area contributed by atoms with Crippen molar-refractivity contribution in [1.29, 1.82) is 0 Å². The predicted molar refractivity (Wildman–Crippen MR) is 74.9 cm³/mol. The van der Waals surface area contributed by atoms with Crippen LogP contribution in [0.4, 0.5) is 5.69 Å². The average molecular weight is 265 g/mol. The molecule has 0 aliphatic rings. The molecule has 0 saturated carbocycles. The van der Waals surface area contributed by atoms with Crippen molar-refractivity contribution in [3.63, 3.8) is 0 Å². The highest BCUT2D eigenvalue weighted by atomic mass is 35.5. The van der Waals surface area contributed by atoms with Crippen LogP contribution in [-0.4, -0.2) is 7.05 Å². The van der Waals surface area contributed by atoms with Crippen LogP contribution in [-0.2, 0) is 13.1 Å². The zero-order chi connectivity index (χ0) is 13.1. The number of rotatable bonds is 4. The van der Waals surface area contributed by atoms with Gasteiger partial charge in [0.25, 0.3) is 0 Å². The van der Waals surface area contributed by atoms with Crippen LogP contribution >= 0.6 is 11.6 Å². The average Bonchev–Trinajstić information content (AvgIpc) is 2.74. The quantitative estimate of drug-likeness (QED) is 0.921. The third-order valence-electron chi connectivity index (χ3n) is 2.89. The predicted octanol–water partition coefficient (Wildman–Crippen LogP) is 3.34. The molecule has 0 aliphatic heterocycles. The summed E-state index contributed by atoms with van der Waals surface area (Å²) in [7, 11) is 2.01. The molecule has 18 heavy (non-hydrogen) atoms. The molecule has 3 nitrogen and oxygen atoms in total. The molecule has 0 unspecified atom stereocenters. The normalized spacial score (nSPS) is 10.7. The van der Waals surface area contributed by atoms with Crippen LogP contribution in [0.2, 0.25) is 5.02 Å². The minimum absolute atomic E-state index is 0.459. The van der Waals surface area contributed by atoms with Crippen molar-refractivity contribution in [3.8, 4) is 0 Å². The number of hydrogen-bond donors (Lipinski definition) is 1. The molecule has 0 fully saturated rings. The number of nitrogens with zero attached hydrogens (tertiary/aromatic N) is 1. The lowest BCUT2D eigenvalue weighted by atomic mass is 10.2. The third-order valence-corrected chi connectivity index (χ3v) is 3.24. The summed E-state index contributed by atoms with van der Waals surface area (Å²) in [4.78, 5) is 2.09. The molecule has 0 bridgehead atoms. The molecule has 0 radical (unpaired) electrons. The lowest BCUT2D eigenvalue weighted by molar-refractivity contribution is 0.482. The third kappa shape index (κ3) is 2.86. The number of hydrogen-bond acceptors (Lipinski definition) is 3. The van der Waals surface area contributed by atoms with E-state index in [0.717, 1.165) is 22.8 Å². The van der Waals surface area contributed by atoms with E-state index in [1.165, 1.54) is 0 Å². The Bertz CT molecular complexity index is 536. The van der Waals surface area contributed by atoms with Crippen molar-refractivity contribution in [2.75, 3.05) is 11.9 Å². The first-order valence-corrected chi connectivity index (χ1v) is 6.23. The number of furan rings is 1. The van der Waals surface area contributed by atoms with Gasteiger partial charge in [0.1, 0.15) is 11.5 Å². The Morgan fingerprint density at radius 1 is 1.28 bits per heavy atom. The summed E-state index contributed by atoms with van der Waals surface area (Å²) in [6.07, 6.45) is 0. The SMILES string of the molecule is Cc1ccc(CN(C)c2ccc(CN)c(Cl)c2)o1. The van der Waals surface area contributed by atoms with Crippen molar-refractivity contribution < 1.29 is 4.42 Å². The topological polar surface area (TPSA) is 42.4 Å². The highest BCUT2D eigenvalue weighted by molar-refractivity contribution is 6.31. The van der Waals surface area contributed by atoms with Gasteiger partial charge in [-0.25, -0.2) is 0 Å². The zero-order valence-electron chi connectivity index (χ0n) is 10.6. The molecule has 1 aromatic carbocycles. The molecule has 0 aliphatic carbocycles. The summed E-state index contributed by atoms with van der Waals surface area (Å²) in [6.45, 7) is 3.11. The summed E-state index contributed by atoms with van der Waals surface area (Å²) < 4.78 is 5.56. The van der Waals surface area contributed by atoms with Crippen LogP contribution < -0.4 is 10.6 Å². The van der Waals surface area contributed by atoms with Gasteiger partial charge >= 0.3 is 0 Å². The summed E-state index contributed by atoms with van der Waals surface area (Å²) in [6, 6.07) is 9.86. The number of nitrogens with two attached hydrogens (primary N) is 1. The molecule has 1 heterocycles. The van der Waals surface area contributed by atoms with Crippen molar-refractivity contribution in [2.24, 2.45) is 5.73 Å². The first-order valence-electron chi connectivity index (χ1n) is 5.85. The van der Waals surface area contributed by atoms with Crippen LogP contribution in [0.5, 0.6) is 0 Å². The molecule has 0 spiro atoms. The van der Waals surface area contributed by atoms with E-state index in [4.69, 9.17) is 21.8 Å². The minimum atomic E-state index is 0.459. The Balaban J connectivity index is 2.13. The highest BCUT2D eigenvalue weighted by Gasteiger charge is 2.07. The minimum Gasteiger partial charge on any atom is -0.464 e. The van der Waals surface area contributed by atoms with Crippen LogP contribution in [0.15, 0.2) is 34.7 Å². The molecule has 4 heteroatoms. The summed E-state index contributed by atoms with van der Waals surface area (Å²) in [5.74, 6) is 1.86. The Hall–Kier alpha value is -1.45. The fraction of sp³-hybridized carbons (Fsp3) is 0.286. The molecular weight excluding hydrogens is 248 g/mol. The van der Waals surface area contributed by atoms with E-state index in [1.54, 1.807) is 0 Å². The van der Waals surface area contributed by atoms with E-state index in [-0.39, 0.29) is 0 Å². The summed E-state index contributed by atoms with van der Waals surface area (Å²) in [5, 5.41) is 0.706. The van der Waals surface area contributed by atoms with Gasteiger partial charge in [-0.15, -0.1) is 0 Å². The van der Waals surface area contributed by atoms with Crippen LogP contribution in [0.25, 0.3) is 0 Å².